The summed E-state index contributed by atoms with van der Waals surface area (Å²) in [5, 5.41) is 0. The van der Waals surface area contributed by atoms with E-state index in [4.69, 9.17) is 14.2 Å². The Bertz CT molecular complexity index is 527. The fourth-order valence-electron chi connectivity index (χ4n) is 2.65. The Morgan fingerprint density at radius 2 is 1.83 bits per heavy atom. The largest absolute Gasteiger partial charge is 0.423 e. The first kappa shape index (κ1) is 18.7. The normalized spacial score (nSPS) is 20.6. The van der Waals surface area contributed by atoms with Gasteiger partial charge in [-0.05, 0) is 25.5 Å². The molecule has 0 aliphatic carbocycles. The first-order valence-electron chi connectivity index (χ1n) is 8.81. The third-order valence-corrected chi connectivity index (χ3v) is 4.14. The number of carbonyl (C=O) groups is 1. The Balaban J connectivity index is 1.77. The molecular weight excluding hydrogens is 304 g/mol. The van der Waals surface area contributed by atoms with Gasteiger partial charge in [0, 0.05) is 17.1 Å². The molecule has 1 fully saturated rings. The first-order valence-corrected chi connectivity index (χ1v) is 8.81. The van der Waals surface area contributed by atoms with Crippen LogP contribution in [0.25, 0.3) is 0 Å². The predicted molar refractivity (Wildman–Crippen MR) is 93.8 cm³/mol. The molecule has 1 saturated heterocycles. The van der Waals surface area contributed by atoms with Gasteiger partial charge in [-0.3, -0.25) is 0 Å². The second kappa shape index (κ2) is 9.60. The molecule has 1 aromatic rings. The molecule has 0 unspecified atom stereocenters. The maximum atomic E-state index is 11.5. The molecular formula is C20H28O4. The number of hydrogen-bond donors (Lipinski definition) is 0. The molecule has 0 amide bonds. The second-order valence-corrected chi connectivity index (χ2v) is 6.45. The molecule has 0 bridgehead atoms. The topological polar surface area (TPSA) is 44.8 Å². The summed E-state index contributed by atoms with van der Waals surface area (Å²) in [6.45, 7) is 8.89. The van der Waals surface area contributed by atoms with Gasteiger partial charge >= 0.3 is 5.97 Å². The predicted octanol–water partition coefficient (Wildman–Crippen LogP) is 4.80. The van der Waals surface area contributed by atoms with Gasteiger partial charge in [-0.15, -0.1) is 0 Å². The minimum atomic E-state index is -0.418. The Hall–Kier alpha value is -1.65. The van der Waals surface area contributed by atoms with Crippen LogP contribution in [0.3, 0.4) is 0 Å². The van der Waals surface area contributed by atoms with Gasteiger partial charge in [0.25, 0.3) is 0 Å². The van der Waals surface area contributed by atoms with Gasteiger partial charge in [0.1, 0.15) is 5.75 Å². The van der Waals surface area contributed by atoms with Crippen molar-refractivity contribution in [3.8, 4) is 5.75 Å². The van der Waals surface area contributed by atoms with Crippen molar-refractivity contribution in [3.05, 3.63) is 42.0 Å². The zero-order valence-corrected chi connectivity index (χ0v) is 14.8. The standard InChI is InChI=1S/C20H28O4/c1-4-5-6-7-8-16-13-22-20(23-14-16)17-9-11-18(12-10-17)24-19(21)15(2)3/h9-12,16,20H,2,4-8,13-14H2,1,3H3. The van der Waals surface area contributed by atoms with E-state index in [2.05, 4.69) is 13.5 Å². The van der Waals surface area contributed by atoms with Crippen LogP contribution in [0.2, 0.25) is 0 Å². The average Bonchev–Trinajstić information content (AvgIpc) is 2.60. The maximum absolute atomic E-state index is 11.5. The van der Waals surface area contributed by atoms with Crippen LogP contribution in [0.5, 0.6) is 5.75 Å². The molecule has 0 atom stereocenters. The van der Waals surface area contributed by atoms with E-state index in [9.17, 15) is 4.79 Å². The molecule has 1 aliphatic rings. The molecule has 1 aromatic carbocycles. The van der Waals surface area contributed by atoms with Crippen molar-refractivity contribution in [1.82, 2.24) is 0 Å². The highest BCUT2D eigenvalue weighted by molar-refractivity contribution is 5.88. The smallest absolute Gasteiger partial charge is 0.338 e. The van der Waals surface area contributed by atoms with E-state index in [1.165, 1.54) is 32.1 Å². The number of hydrogen-bond acceptors (Lipinski definition) is 4. The fourth-order valence-corrected chi connectivity index (χ4v) is 2.65. The molecule has 0 N–H and O–H groups in total. The lowest BCUT2D eigenvalue weighted by atomic mass is 10.0. The molecule has 0 radical (unpaired) electrons. The highest BCUT2D eigenvalue weighted by Crippen LogP contribution is 2.28. The Kier molecular flexibility index (Phi) is 7.47. The highest BCUT2D eigenvalue weighted by Gasteiger charge is 2.23. The summed E-state index contributed by atoms with van der Waals surface area (Å²) in [6.07, 6.45) is 5.95. The summed E-state index contributed by atoms with van der Waals surface area (Å²) >= 11 is 0. The lowest BCUT2D eigenvalue weighted by Crippen LogP contribution is -2.27. The van der Waals surface area contributed by atoms with E-state index in [-0.39, 0.29) is 6.29 Å². The Morgan fingerprint density at radius 3 is 2.42 bits per heavy atom. The summed E-state index contributed by atoms with van der Waals surface area (Å²) in [6, 6.07) is 7.24. The van der Waals surface area contributed by atoms with Crippen molar-refractivity contribution in [2.75, 3.05) is 13.2 Å². The lowest BCUT2D eigenvalue weighted by molar-refractivity contribution is -0.206. The molecule has 1 heterocycles. The van der Waals surface area contributed by atoms with Crippen LogP contribution < -0.4 is 4.74 Å². The molecule has 132 valence electrons. The zero-order chi connectivity index (χ0) is 17.4. The van der Waals surface area contributed by atoms with Crippen molar-refractivity contribution < 1.29 is 19.0 Å². The van der Waals surface area contributed by atoms with E-state index in [1.807, 2.05) is 12.1 Å². The van der Waals surface area contributed by atoms with Crippen LogP contribution in [0.15, 0.2) is 36.4 Å². The first-order chi connectivity index (χ1) is 11.6. The Morgan fingerprint density at radius 1 is 1.17 bits per heavy atom. The number of carbonyl (C=O) groups excluding carboxylic acids is 1. The fraction of sp³-hybridized carbons (Fsp3) is 0.550. The van der Waals surface area contributed by atoms with Crippen molar-refractivity contribution in [2.45, 2.75) is 52.2 Å². The van der Waals surface area contributed by atoms with Crippen molar-refractivity contribution in [3.63, 3.8) is 0 Å². The molecule has 2 rings (SSSR count). The van der Waals surface area contributed by atoms with E-state index in [0.29, 0.717) is 17.2 Å². The van der Waals surface area contributed by atoms with Gasteiger partial charge in [-0.2, -0.15) is 0 Å². The number of rotatable bonds is 8. The van der Waals surface area contributed by atoms with Crippen LogP contribution in [-0.4, -0.2) is 19.2 Å². The quantitative estimate of drug-likeness (QED) is 0.297. The number of esters is 1. The highest BCUT2D eigenvalue weighted by atomic mass is 16.7. The van der Waals surface area contributed by atoms with Crippen LogP contribution >= 0.6 is 0 Å². The zero-order valence-electron chi connectivity index (χ0n) is 14.8. The van der Waals surface area contributed by atoms with E-state index in [0.717, 1.165) is 18.8 Å². The molecule has 4 nitrogen and oxygen atoms in total. The molecule has 4 heteroatoms. The SMILES string of the molecule is C=C(C)C(=O)Oc1ccc(C2OCC(CCCCCC)CO2)cc1. The second-order valence-electron chi connectivity index (χ2n) is 6.45. The maximum Gasteiger partial charge on any atom is 0.338 e. The third-order valence-electron chi connectivity index (χ3n) is 4.14. The van der Waals surface area contributed by atoms with Crippen LogP contribution in [-0.2, 0) is 14.3 Å². The summed E-state index contributed by atoms with van der Waals surface area (Å²) in [7, 11) is 0. The minimum absolute atomic E-state index is 0.331. The van der Waals surface area contributed by atoms with Crippen LogP contribution in [0.4, 0.5) is 0 Å². The summed E-state index contributed by atoms with van der Waals surface area (Å²) < 4.78 is 16.9. The van der Waals surface area contributed by atoms with Crippen molar-refractivity contribution >= 4 is 5.97 Å². The monoisotopic (exact) mass is 332 g/mol. The lowest BCUT2D eigenvalue weighted by Gasteiger charge is -2.29. The van der Waals surface area contributed by atoms with Gasteiger partial charge in [0.15, 0.2) is 6.29 Å². The molecule has 1 aliphatic heterocycles. The molecule has 0 aromatic heterocycles. The van der Waals surface area contributed by atoms with E-state index < -0.39 is 5.97 Å². The number of ether oxygens (including phenoxy) is 3. The van der Waals surface area contributed by atoms with Gasteiger partial charge in [-0.25, -0.2) is 4.79 Å². The summed E-state index contributed by atoms with van der Waals surface area (Å²) in [5.74, 6) is 0.573. The van der Waals surface area contributed by atoms with Crippen molar-refractivity contribution in [2.24, 2.45) is 5.92 Å². The van der Waals surface area contributed by atoms with Crippen LogP contribution in [0.1, 0.15) is 57.8 Å². The van der Waals surface area contributed by atoms with Gasteiger partial charge < -0.3 is 14.2 Å². The van der Waals surface area contributed by atoms with E-state index >= 15 is 0 Å². The minimum Gasteiger partial charge on any atom is -0.423 e. The summed E-state index contributed by atoms with van der Waals surface area (Å²) in [5.41, 5.74) is 1.32. The van der Waals surface area contributed by atoms with E-state index in [1.54, 1.807) is 19.1 Å². The third kappa shape index (κ3) is 5.77. The molecule has 0 saturated carbocycles. The van der Waals surface area contributed by atoms with Crippen LogP contribution in [0, 0.1) is 5.92 Å². The molecule has 0 spiro atoms. The number of unbranched alkanes of at least 4 members (excludes halogenated alkanes) is 3. The summed E-state index contributed by atoms with van der Waals surface area (Å²) in [4.78, 5) is 11.5. The Labute approximate surface area is 144 Å². The van der Waals surface area contributed by atoms with Gasteiger partial charge in [-0.1, -0.05) is 51.3 Å². The van der Waals surface area contributed by atoms with Gasteiger partial charge in [0.2, 0.25) is 0 Å². The van der Waals surface area contributed by atoms with Crippen molar-refractivity contribution in [1.29, 1.82) is 0 Å². The molecule has 24 heavy (non-hydrogen) atoms. The van der Waals surface area contributed by atoms with Gasteiger partial charge in [0.05, 0.1) is 13.2 Å². The average molecular weight is 332 g/mol. The number of benzene rings is 1.